The summed E-state index contributed by atoms with van der Waals surface area (Å²) in [6.45, 7) is 0.846. The van der Waals surface area contributed by atoms with Crippen LogP contribution in [0.4, 0.5) is 13.2 Å². The first kappa shape index (κ1) is 26.8. The molecule has 2 heterocycles. The van der Waals surface area contributed by atoms with Crippen LogP contribution in [0.2, 0.25) is 5.15 Å². The number of pyridine rings is 1. The highest BCUT2D eigenvalue weighted by atomic mass is 35.5. The van der Waals surface area contributed by atoms with Crippen LogP contribution in [-0.4, -0.2) is 34.9 Å². The molecule has 1 aliphatic rings. The lowest BCUT2D eigenvalue weighted by molar-refractivity contribution is -0.109. The molecule has 3 aromatic rings. The fraction of sp³-hybridized carbons (Fsp3) is 0.280. The van der Waals surface area contributed by atoms with Crippen molar-refractivity contribution >= 4 is 30.0 Å². The molecule has 4 rings (SSSR count). The van der Waals surface area contributed by atoms with Gasteiger partial charge < -0.3 is 10.1 Å². The number of benzene rings is 2. The molecular formula is C25H25ClF3N3O2S. The molecule has 1 N–H and O–H groups in total. The Labute approximate surface area is 211 Å². The number of halogens is 4. The minimum absolute atomic E-state index is 0.0682. The molecule has 0 bridgehead atoms. The molecule has 1 atom stereocenters. The second-order valence-corrected chi connectivity index (χ2v) is 9.27. The molecule has 1 unspecified atom stereocenters. The van der Waals surface area contributed by atoms with Crippen molar-refractivity contribution < 1.29 is 22.7 Å². The Morgan fingerprint density at radius 3 is 2.51 bits per heavy atom. The Hall–Kier alpha value is -2.75. The van der Waals surface area contributed by atoms with Crippen LogP contribution < -0.4 is 10.1 Å². The standard InChI is InChI=1S/C14H11ClF2N2O2.C11H14FNS/c15-13-6-9(7-18-8-20)5-12(19-13)10-1-3-11(4-2-10)21-14(16)17;1-9-3-2-8-13(9)14-11-6-4-10(12)5-7-11/h1-6,8,14H,7H2,(H,18,20);4-7,9H,2-3,8H2,1H3. The van der Waals surface area contributed by atoms with Gasteiger partial charge in [0.25, 0.3) is 0 Å². The lowest BCUT2D eigenvalue weighted by Gasteiger charge is -2.19. The summed E-state index contributed by atoms with van der Waals surface area (Å²) in [4.78, 5) is 15.6. The molecule has 10 heteroatoms. The summed E-state index contributed by atoms with van der Waals surface area (Å²) >= 11 is 7.66. The number of rotatable bonds is 8. The van der Waals surface area contributed by atoms with E-state index in [1.807, 2.05) is 12.1 Å². The van der Waals surface area contributed by atoms with Crippen LogP contribution in [0, 0.1) is 5.82 Å². The van der Waals surface area contributed by atoms with Gasteiger partial charge in [0.05, 0.1) is 5.69 Å². The zero-order chi connectivity index (χ0) is 25.2. The van der Waals surface area contributed by atoms with Crippen LogP contribution in [0.5, 0.6) is 5.75 Å². The molecule has 0 radical (unpaired) electrons. The molecular weight excluding hydrogens is 499 g/mol. The Bertz CT molecular complexity index is 1090. The first-order valence-electron chi connectivity index (χ1n) is 10.9. The molecule has 1 fully saturated rings. The fourth-order valence-corrected chi connectivity index (χ4v) is 4.71. The summed E-state index contributed by atoms with van der Waals surface area (Å²) in [5, 5.41) is 2.81. The molecule has 0 aliphatic carbocycles. The third-order valence-electron chi connectivity index (χ3n) is 5.15. The number of ether oxygens (including phenoxy) is 1. The van der Waals surface area contributed by atoms with Crippen LogP contribution in [-0.2, 0) is 11.3 Å². The van der Waals surface area contributed by atoms with Gasteiger partial charge in [-0.2, -0.15) is 8.78 Å². The molecule has 186 valence electrons. The smallest absolute Gasteiger partial charge is 0.387 e. The summed E-state index contributed by atoms with van der Waals surface area (Å²) < 4.78 is 43.5. The summed E-state index contributed by atoms with van der Waals surface area (Å²) in [5.41, 5.74) is 2.06. The van der Waals surface area contributed by atoms with E-state index in [1.165, 1.54) is 37.1 Å². The molecule has 1 saturated heterocycles. The van der Waals surface area contributed by atoms with Gasteiger partial charge in [-0.25, -0.2) is 13.7 Å². The average Bonchev–Trinajstić information content (AvgIpc) is 3.23. The quantitative estimate of drug-likeness (QED) is 0.206. The molecule has 1 amide bonds. The number of aromatic nitrogens is 1. The van der Waals surface area contributed by atoms with Gasteiger partial charge in [0, 0.05) is 29.6 Å². The van der Waals surface area contributed by atoms with Gasteiger partial charge in [-0.15, -0.1) is 0 Å². The van der Waals surface area contributed by atoms with Gasteiger partial charge in [-0.05, 0) is 97.9 Å². The molecule has 0 spiro atoms. The maximum Gasteiger partial charge on any atom is 0.387 e. The number of amides is 1. The van der Waals surface area contributed by atoms with Crippen molar-refractivity contribution in [2.75, 3.05) is 6.54 Å². The summed E-state index contributed by atoms with van der Waals surface area (Å²) in [6.07, 6.45) is 3.13. The van der Waals surface area contributed by atoms with Crippen LogP contribution in [0.25, 0.3) is 11.3 Å². The van der Waals surface area contributed by atoms with Crippen molar-refractivity contribution in [1.82, 2.24) is 14.6 Å². The molecule has 5 nitrogen and oxygen atoms in total. The van der Waals surface area contributed by atoms with E-state index in [9.17, 15) is 18.0 Å². The number of nitrogens with one attached hydrogen (secondary N) is 1. The van der Waals surface area contributed by atoms with Crippen molar-refractivity contribution in [3.8, 4) is 17.0 Å². The van der Waals surface area contributed by atoms with Crippen molar-refractivity contribution in [3.05, 3.63) is 77.2 Å². The SMILES string of the molecule is CC1CCCN1Sc1ccc(F)cc1.O=CNCc1cc(Cl)nc(-c2ccc(OC(F)F)cc2)c1. The fourth-order valence-electron chi connectivity index (χ4n) is 3.44. The van der Waals surface area contributed by atoms with E-state index in [-0.39, 0.29) is 16.7 Å². The average molecular weight is 524 g/mol. The highest BCUT2D eigenvalue weighted by Gasteiger charge is 2.20. The van der Waals surface area contributed by atoms with Gasteiger partial charge in [-0.3, -0.25) is 4.79 Å². The molecule has 1 aliphatic heterocycles. The van der Waals surface area contributed by atoms with Crippen molar-refractivity contribution in [1.29, 1.82) is 0 Å². The first-order valence-corrected chi connectivity index (χ1v) is 12.1. The van der Waals surface area contributed by atoms with E-state index in [2.05, 4.69) is 26.3 Å². The third-order valence-corrected chi connectivity index (χ3v) is 6.60. The normalized spacial score (nSPS) is 15.4. The number of hydrogen-bond donors (Lipinski definition) is 1. The predicted molar refractivity (Wildman–Crippen MR) is 132 cm³/mol. The lowest BCUT2D eigenvalue weighted by atomic mass is 10.1. The minimum Gasteiger partial charge on any atom is -0.435 e. The number of hydrogen-bond acceptors (Lipinski definition) is 5. The summed E-state index contributed by atoms with van der Waals surface area (Å²) in [7, 11) is 0. The van der Waals surface area contributed by atoms with Gasteiger partial charge in [0.1, 0.15) is 16.7 Å². The number of nitrogens with zero attached hydrogens (tertiary/aromatic N) is 2. The van der Waals surface area contributed by atoms with E-state index >= 15 is 0 Å². The molecule has 0 saturated carbocycles. The van der Waals surface area contributed by atoms with E-state index < -0.39 is 6.61 Å². The molecule has 2 aromatic carbocycles. The zero-order valence-electron chi connectivity index (χ0n) is 19.0. The maximum atomic E-state index is 12.7. The van der Waals surface area contributed by atoms with Gasteiger partial charge in [0.2, 0.25) is 6.41 Å². The van der Waals surface area contributed by atoms with Gasteiger partial charge >= 0.3 is 6.61 Å². The Kier molecular flexibility index (Phi) is 10.3. The Balaban J connectivity index is 0.000000211. The first-order chi connectivity index (χ1) is 16.8. The number of alkyl halides is 2. The number of carbonyl (C=O) groups is 1. The van der Waals surface area contributed by atoms with E-state index in [0.717, 1.165) is 17.0 Å². The second-order valence-electron chi connectivity index (χ2n) is 7.76. The number of carbonyl (C=O) groups excluding carboxylic acids is 1. The van der Waals surface area contributed by atoms with Crippen LogP contribution in [0.3, 0.4) is 0 Å². The van der Waals surface area contributed by atoms with Gasteiger partial charge in [0.15, 0.2) is 0 Å². The third kappa shape index (κ3) is 8.76. The van der Waals surface area contributed by atoms with Gasteiger partial charge in [-0.1, -0.05) is 11.6 Å². The lowest BCUT2D eigenvalue weighted by Crippen LogP contribution is -2.18. The van der Waals surface area contributed by atoms with Crippen molar-refractivity contribution in [2.45, 2.75) is 43.9 Å². The molecule has 35 heavy (non-hydrogen) atoms. The van der Waals surface area contributed by atoms with E-state index in [4.69, 9.17) is 11.6 Å². The highest BCUT2D eigenvalue weighted by Crippen LogP contribution is 2.30. The van der Waals surface area contributed by atoms with Crippen molar-refractivity contribution in [3.63, 3.8) is 0 Å². The summed E-state index contributed by atoms with van der Waals surface area (Å²) in [6, 6.07) is 16.8. The maximum absolute atomic E-state index is 12.7. The van der Waals surface area contributed by atoms with Crippen LogP contribution in [0.1, 0.15) is 25.3 Å². The largest absolute Gasteiger partial charge is 0.435 e. The Morgan fingerprint density at radius 1 is 1.20 bits per heavy atom. The molecule has 1 aromatic heterocycles. The highest BCUT2D eigenvalue weighted by molar-refractivity contribution is 7.97. The van der Waals surface area contributed by atoms with Crippen molar-refractivity contribution in [2.24, 2.45) is 0 Å². The minimum atomic E-state index is -2.86. The Morgan fingerprint density at radius 2 is 1.91 bits per heavy atom. The second kappa shape index (κ2) is 13.4. The summed E-state index contributed by atoms with van der Waals surface area (Å²) in [5.74, 6) is -0.0950. The topological polar surface area (TPSA) is 54.5 Å². The monoisotopic (exact) mass is 523 g/mol. The van der Waals surface area contributed by atoms with E-state index in [1.54, 1.807) is 36.2 Å². The van der Waals surface area contributed by atoms with Crippen LogP contribution >= 0.6 is 23.5 Å². The zero-order valence-corrected chi connectivity index (χ0v) is 20.5. The predicted octanol–water partition coefficient (Wildman–Crippen LogP) is 6.57. The van der Waals surface area contributed by atoms with Crippen LogP contribution in [0.15, 0.2) is 65.6 Å². The van der Waals surface area contributed by atoms with E-state index in [0.29, 0.717) is 30.3 Å².